The third kappa shape index (κ3) is 2.28. The van der Waals surface area contributed by atoms with Crippen molar-refractivity contribution in [3.63, 3.8) is 0 Å². The molecule has 0 spiro atoms. The summed E-state index contributed by atoms with van der Waals surface area (Å²) in [5.41, 5.74) is -0.189. The molecule has 1 aromatic heterocycles. The third-order valence-electron chi connectivity index (χ3n) is 2.78. The molecular formula is C10H12IN3O3. The second kappa shape index (κ2) is 5.03. The molecular weight excluding hydrogens is 337 g/mol. The van der Waals surface area contributed by atoms with Crippen LogP contribution in [0.15, 0.2) is 11.1 Å². The van der Waals surface area contributed by atoms with E-state index in [1.165, 1.54) is 13.4 Å². The molecule has 1 unspecified atom stereocenters. The summed E-state index contributed by atoms with van der Waals surface area (Å²) in [6.45, 7) is 0.715. The maximum atomic E-state index is 11.6. The number of nitrogens with one attached hydrogen (secondary N) is 1. The van der Waals surface area contributed by atoms with Crippen molar-refractivity contribution in [2.45, 2.75) is 18.9 Å². The molecule has 1 atom stereocenters. The van der Waals surface area contributed by atoms with E-state index >= 15 is 0 Å². The number of nitrogens with zero attached hydrogens (tertiary/aromatic N) is 2. The van der Waals surface area contributed by atoms with Crippen LogP contribution >= 0.6 is 22.6 Å². The van der Waals surface area contributed by atoms with Gasteiger partial charge in [0.1, 0.15) is 15.4 Å². The number of methoxy groups -OCH3 is 1. The fraction of sp³-hybridized carbons (Fsp3) is 0.500. The van der Waals surface area contributed by atoms with E-state index < -0.39 is 0 Å². The highest BCUT2D eigenvalue weighted by molar-refractivity contribution is 14.1. The number of aromatic nitrogens is 2. The number of H-pyrrole nitrogens is 1. The monoisotopic (exact) mass is 349 g/mol. The lowest BCUT2D eigenvalue weighted by atomic mass is 10.2. The summed E-state index contributed by atoms with van der Waals surface area (Å²) in [7, 11) is 1.37. The van der Waals surface area contributed by atoms with Gasteiger partial charge in [0.15, 0.2) is 0 Å². The SMILES string of the molecule is COC(=O)C1CCCN1c1nc[nH]c(=O)c1I. The lowest BCUT2D eigenvalue weighted by Gasteiger charge is -2.23. The van der Waals surface area contributed by atoms with Crippen LogP contribution in [0.25, 0.3) is 0 Å². The van der Waals surface area contributed by atoms with Gasteiger partial charge < -0.3 is 14.6 Å². The molecule has 0 amide bonds. The van der Waals surface area contributed by atoms with Crippen molar-refractivity contribution in [2.75, 3.05) is 18.6 Å². The summed E-state index contributed by atoms with van der Waals surface area (Å²) in [4.78, 5) is 31.6. The largest absolute Gasteiger partial charge is 0.467 e. The van der Waals surface area contributed by atoms with Crippen molar-refractivity contribution in [3.8, 4) is 0 Å². The van der Waals surface area contributed by atoms with Gasteiger partial charge in [0, 0.05) is 6.54 Å². The first-order valence-electron chi connectivity index (χ1n) is 5.23. The fourth-order valence-corrected chi connectivity index (χ4v) is 2.58. The Balaban J connectivity index is 2.36. The summed E-state index contributed by atoms with van der Waals surface area (Å²) in [5.74, 6) is 0.280. The molecule has 0 aromatic carbocycles. The second-order valence-electron chi connectivity index (χ2n) is 3.74. The van der Waals surface area contributed by atoms with Crippen LogP contribution in [0.5, 0.6) is 0 Å². The number of carbonyl (C=O) groups is 1. The molecule has 1 N–H and O–H groups in total. The molecule has 6 nitrogen and oxygen atoms in total. The number of aromatic amines is 1. The zero-order chi connectivity index (χ0) is 12.4. The van der Waals surface area contributed by atoms with Crippen LogP contribution in [-0.2, 0) is 9.53 Å². The van der Waals surface area contributed by atoms with E-state index in [0.29, 0.717) is 15.9 Å². The fourth-order valence-electron chi connectivity index (χ4n) is 1.98. The Bertz CT molecular complexity index is 488. The Morgan fingerprint density at radius 2 is 2.47 bits per heavy atom. The molecule has 1 aliphatic rings. The van der Waals surface area contributed by atoms with E-state index in [1.807, 2.05) is 27.5 Å². The van der Waals surface area contributed by atoms with Crippen molar-refractivity contribution >= 4 is 34.4 Å². The zero-order valence-electron chi connectivity index (χ0n) is 9.27. The van der Waals surface area contributed by atoms with E-state index in [9.17, 15) is 9.59 Å². The normalized spacial score (nSPS) is 19.4. The van der Waals surface area contributed by atoms with Gasteiger partial charge in [0.25, 0.3) is 5.56 Å². The van der Waals surface area contributed by atoms with Gasteiger partial charge in [-0.2, -0.15) is 0 Å². The van der Waals surface area contributed by atoms with E-state index in [2.05, 4.69) is 9.97 Å². The Kier molecular flexibility index (Phi) is 3.65. The number of carbonyl (C=O) groups excluding carboxylic acids is 1. The van der Waals surface area contributed by atoms with E-state index in [4.69, 9.17) is 4.74 Å². The van der Waals surface area contributed by atoms with Crippen LogP contribution < -0.4 is 10.5 Å². The summed E-state index contributed by atoms with van der Waals surface area (Å²) in [6, 6.07) is -0.331. The van der Waals surface area contributed by atoms with Gasteiger partial charge in [-0.1, -0.05) is 0 Å². The quantitative estimate of drug-likeness (QED) is 0.622. The Morgan fingerprint density at radius 1 is 1.71 bits per heavy atom. The summed E-state index contributed by atoms with van der Waals surface area (Å²) in [6.07, 6.45) is 2.98. The lowest BCUT2D eigenvalue weighted by molar-refractivity contribution is -0.141. The average molecular weight is 349 g/mol. The number of esters is 1. The van der Waals surface area contributed by atoms with Crippen LogP contribution in [0.3, 0.4) is 0 Å². The van der Waals surface area contributed by atoms with Crippen molar-refractivity contribution in [1.29, 1.82) is 0 Å². The number of hydrogen-bond donors (Lipinski definition) is 1. The van der Waals surface area contributed by atoms with Gasteiger partial charge in [0.05, 0.1) is 13.4 Å². The van der Waals surface area contributed by atoms with Gasteiger partial charge in [-0.3, -0.25) is 4.79 Å². The topological polar surface area (TPSA) is 75.3 Å². The van der Waals surface area contributed by atoms with E-state index in [-0.39, 0.29) is 17.6 Å². The summed E-state index contributed by atoms with van der Waals surface area (Å²) >= 11 is 1.94. The first-order chi connectivity index (χ1) is 8.15. The molecule has 0 bridgehead atoms. The third-order valence-corrected chi connectivity index (χ3v) is 3.75. The van der Waals surface area contributed by atoms with Crippen molar-refractivity contribution < 1.29 is 9.53 Å². The van der Waals surface area contributed by atoms with Gasteiger partial charge in [-0.05, 0) is 35.4 Å². The molecule has 7 heteroatoms. The van der Waals surface area contributed by atoms with Gasteiger partial charge in [-0.15, -0.1) is 0 Å². The van der Waals surface area contributed by atoms with Crippen LogP contribution in [-0.4, -0.2) is 35.6 Å². The van der Waals surface area contributed by atoms with E-state index in [1.54, 1.807) is 0 Å². The maximum Gasteiger partial charge on any atom is 0.328 e. The smallest absolute Gasteiger partial charge is 0.328 e. The molecule has 0 saturated carbocycles. The molecule has 1 aliphatic heterocycles. The van der Waals surface area contributed by atoms with Gasteiger partial charge >= 0.3 is 5.97 Å². The first-order valence-corrected chi connectivity index (χ1v) is 6.30. The summed E-state index contributed by atoms with van der Waals surface area (Å²) < 4.78 is 5.26. The van der Waals surface area contributed by atoms with Crippen LogP contribution in [0, 0.1) is 3.57 Å². The zero-order valence-corrected chi connectivity index (χ0v) is 11.4. The lowest BCUT2D eigenvalue weighted by Crippen LogP contribution is -2.38. The van der Waals surface area contributed by atoms with Crippen LogP contribution in [0.2, 0.25) is 0 Å². The standard InChI is InChI=1S/C10H12IN3O3/c1-17-10(16)6-3-2-4-14(6)8-7(11)9(15)13-5-12-8/h5-6H,2-4H2,1H3,(H,12,13,15). The highest BCUT2D eigenvalue weighted by Crippen LogP contribution is 2.26. The molecule has 0 radical (unpaired) electrons. The van der Waals surface area contributed by atoms with Gasteiger partial charge in [0.2, 0.25) is 0 Å². The van der Waals surface area contributed by atoms with Gasteiger partial charge in [-0.25, -0.2) is 9.78 Å². The first kappa shape index (κ1) is 12.3. The molecule has 2 heterocycles. The molecule has 2 rings (SSSR count). The molecule has 1 aromatic rings. The Labute approximate surface area is 112 Å². The molecule has 1 saturated heterocycles. The number of rotatable bonds is 2. The van der Waals surface area contributed by atoms with Crippen molar-refractivity contribution in [3.05, 3.63) is 20.3 Å². The van der Waals surface area contributed by atoms with Crippen LogP contribution in [0.1, 0.15) is 12.8 Å². The molecule has 0 aliphatic carbocycles. The highest BCUT2D eigenvalue weighted by atomic mass is 127. The minimum atomic E-state index is -0.331. The van der Waals surface area contributed by atoms with Crippen LogP contribution in [0.4, 0.5) is 5.82 Å². The Hall–Kier alpha value is -1.12. The van der Waals surface area contributed by atoms with E-state index in [0.717, 1.165) is 12.8 Å². The highest BCUT2D eigenvalue weighted by Gasteiger charge is 2.33. The minimum absolute atomic E-state index is 0.189. The number of anilines is 1. The van der Waals surface area contributed by atoms with Crippen molar-refractivity contribution in [1.82, 2.24) is 9.97 Å². The number of halogens is 1. The molecule has 92 valence electrons. The number of hydrogen-bond acceptors (Lipinski definition) is 5. The predicted octanol–water partition coefficient (Wildman–Crippen LogP) is 0.516. The summed E-state index contributed by atoms with van der Waals surface area (Å²) in [5, 5.41) is 0. The minimum Gasteiger partial charge on any atom is -0.467 e. The number of ether oxygens (including phenoxy) is 1. The average Bonchev–Trinajstić information content (AvgIpc) is 2.80. The van der Waals surface area contributed by atoms with Crippen molar-refractivity contribution in [2.24, 2.45) is 0 Å². The second-order valence-corrected chi connectivity index (χ2v) is 4.82. The predicted molar refractivity (Wildman–Crippen MR) is 70.0 cm³/mol. The maximum absolute atomic E-state index is 11.6. The molecule has 17 heavy (non-hydrogen) atoms. The Morgan fingerprint density at radius 3 is 3.18 bits per heavy atom. The molecule has 1 fully saturated rings.